The summed E-state index contributed by atoms with van der Waals surface area (Å²) in [5, 5.41) is 0. The van der Waals surface area contributed by atoms with Crippen molar-refractivity contribution < 1.29 is 9.18 Å². The van der Waals surface area contributed by atoms with Gasteiger partial charge < -0.3 is 4.90 Å². The number of hydrogen-bond donors (Lipinski definition) is 0. The highest BCUT2D eigenvalue weighted by atomic mass is 19.1. The van der Waals surface area contributed by atoms with Crippen molar-refractivity contribution in [2.24, 2.45) is 0 Å². The fourth-order valence-electron chi connectivity index (χ4n) is 0.575. The van der Waals surface area contributed by atoms with Gasteiger partial charge >= 0.3 is 0 Å². The van der Waals surface area contributed by atoms with E-state index >= 15 is 0 Å². The third kappa shape index (κ3) is 9.56. The van der Waals surface area contributed by atoms with Gasteiger partial charge in [0.05, 0.1) is 0 Å². The SMILES string of the molecule is CC.CC(=O)[C@H](F)CCN(C)C. The quantitative estimate of drug-likeness (QED) is 0.653. The molecule has 0 aliphatic rings. The standard InChI is InChI=1S/C7H14FNO.C2H6/c1-6(10)7(8)4-5-9(2)3;1-2/h7H,4-5H2,1-3H3;1-2H3/t7-;/m1./s1. The van der Waals surface area contributed by atoms with E-state index in [9.17, 15) is 9.18 Å². The Balaban J connectivity index is 0. The second-order valence-corrected chi connectivity index (χ2v) is 2.67. The summed E-state index contributed by atoms with van der Waals surface area (Å²) in [4.78, 5) is 12.2. The Hall–Kier alpha value is -0.440. The number of rotatable bonds is 4. The molecule has 3 heteroatoms. The van der Waals surface area contributed by atoms with Crippen LogP contribution in [0.3, 0.4) is 0 Å². The van der Waals surface area contributed by atoms with E-state index < -0.39 is 6.17 Å². The summed E-state index contributed by atoms with van der Waals surface area (Å²) >= 11 is 0. The molecule has 0 radical (unpaired) electrons. The molecule has 0 saturated heterocycles. The van der Waals surface area contributed by atoms with Gasteiger partial charge in [0, 0.05) is 6.54 Å². The Labute approximate surface area is 74.8 Å². The molecule has 0 aromatic heterocycles. The first-order chi connectivity index (χ1) is 5.54. The molecule has 2 nitrogen and oxygen atoms in total. The number of carbonyl (C=O) groups is 1. The van der Waals surface area contributed by atoms with Crippen LogP contribution in [0.25, 0.3) is 0 Å². The molecule has 0 bridgehead atoms. The normalized spacial score (nSPS) is 11.9. The lowest BCUT2D eigenvalue weighted by atomic mass is 10.2. The van der Waals surface area contributed by atoms with Crippen LogP contribution >= 0.6 is 0 Å². The van der Waals surface area contributed by atoms with Crippen LogP contribution in [0.15, 0.2) is 0 Å². The molecule has 0 amide bonds. The summed E-state index contributed by atoms with van der Waals surface area (Å²) < 4.78 is 12.5. The van der Waals surface area contributed by atoms with Gasteiger partial charge in [-0.1, -0.05) is 13.8 Å². The lowest BCUT2D eigenvalue weighted by Crippen LogP contribution is -2.21. The third-order valence-electron chi connectivity index (χ3n) is 1.27. The molecule has 74 valence electrons. The zero-order valence-electron chi connectivity index (χ0n) is 8.72. The van der Waals surface area contributed by atoms with E-state index in [-0.39, 0.29) is 5.78 Å². The highest BCUT2D eigenvalue weighted by Crippen LogP contribution is 1.99. The van der Waals surface area contributed by atoms with Gasteiger partial charge in [0.15, 0.2) is 12.0 Å². The van der Waals surface area contributed by atoms with Crippen LogP contribution in [0.2, 0.25) is 0 Å². The number of nitrogens with zero attached hydrogens (tertiary/aromatic N) is 1. The third-order valence-corrected chi connectivity index (χ3v) is 1.27. The minimum absolute atomic E-state index is 0.308. The maximum atomic E-state index is 12.5. The maximum Gasteiger partial charge on any atom is 0.163 e. The van der Waals surface area contributed by atoms with Gasteiger partial charge in [-0.2, -0.15) is 0 Å². The van der Waals surface area contributed by atoms with Gasteiger partial charge in [0.25, 0.3) is 0 Å². The van der Waals surface area contributed by atoms with Crippen molar-refractivity contribution in [3.8, 4) is 0 Å². The molecule has 0 N–H and O–H groups in total. The van der Waals surface area contributed by atoms with Crippen molar-refractivity contribution >= 4 is 5.78 Å². The predicted octanol–water partition coefficient (Wildman–Crippen LogP) is 1.89. The molecule has 0 rings (SSSR count). The fraction of sp³-hybridized carbons (Fsp3) is 0.889. The highest BCUT2D eigenvalue weighted by molar-refractivity contribution is 5.80. The second-order valence-electron chi connectivity index (χ2n) is 2.67. The molecule has 0 heterocycles. The lowest BCUT2D eigenvalue weighted by molar-refractivity contribution is -0.121. The molecular formula is C9H20FNO. The topological polar surface area (TPSA) is 20.3 Å². The molecule has 0 aliphatic carbocycles. The minimum Gasteiger partial charge on any atom is -0.309 e. The molecule has 0 unspecified atom stereocenters. The first kappa shape index (κ1) is 14.1. The summed E-state index contributed by atoms with van der Waals surface area (Å²) in [5.41, 5.74) is 0. The van der Waals surface area contributed by atoms with E-state index in [2.05, 4.69) is 0 Å². The number of ketones is 1. The summed E-state index contributed by atoms with van der Waals surface area (Å²) in [6.07, 6.45) is -0.968. The first-order valence-corrected chi connectivity index (χ1v) is 4.33. The van der Waals surface area contributed by atoms with Crippen LogP contribution in [0, 0.1) is 0 Å². The van der Waals surface area contributed by atoms with Gasteiger partial charge in [0.2, 0.25) is 0 Å². The van der Waals surface area contributed by atoms with E-state index in [0.29, 0.717) is 13.0 Å². The fourth-order valence-corrected chi connectivity index (χ4v) is 0.575. The van der Waals surface area contributed by atoms with Crippen LogP contribution in [-0.4, -0.2) is 37.5 Å². The zero-order valence-corrected chi connectivity index (χ0v) is 8.72. The summed E-state index contributed by atoms with van der Waals surface area (Å²) in [6, 6.07) is 0. The Morgan fingerprint density at radius 3 is 2.08 bits per heavy atom. The molecular weight excluding hydrogens is 157 g/mol. The Morgan fingerprint density at radius 2 is 1.83 bits per heavy atom. The van der Waals surface area contributed by atoms with Gasteiger partial charge in [-0.3, -0.25) is 4.79 Å². The van der Waals surface area contributed by atoms with Crippen molar-refractivity contribution in [1.29, 1.82) is 0 Å². The minimum atomic E-state index is -1.28. The van der Waals surface area contributed by atoms with Crippen molar-refractivity contribution in [3.63, 3.8) is 0 Å². The smallest absolute Gasteiger partial charge is 0.163 e. The van der Waals surface area contributed by atoms with E-state index in [1.54, 1.807) is 0 Å². The summed E-state index contributed by atoms with van der Waals surface area (Å²) in [7, 11) is 3.71. The van der Waals surface area contributed by atoms with Crippen LogP contribution in [0.4, 0.5) is 4.39 Å². The number of Topliss-reactive ketones (excluding diaryl/α,β-unsaturated/α-hetero) is 1. The molecule has 0 aromatic rings. The second kappa shape index (κ2) is 8.65. The van der Waals surface area contributed by atoms with Crippen LogP contribution in [0.1, 0.15) is 27.2 Å². The van der Waals surface area contributed by atoms with E-state index in [1.165, 1.54) is 6.92 Å². The molecule has 12 heavy (non-hydrogen) atoms. The van der Waals surface area contributed by atoms with Crippen molar-refractivity contribution in [3.05, 3.63) is 0 Å². The first-order valence-electron chi connectivity index (χ1n) is 4.33. The van der Waals surface area contributed by atoms with E-state index in [4.69, 9.17) is 0 Å². The monoisotopic (exact) mass is 177 g/mol. The average Bonchev–Trinajstić information content (AvgIpc) is 2.03. The average molecular weight is 177 g/mol. The lowest BCUT2D eigenvalue weighted by Gasteiger charge is -2.09. The number of carbonyl (C=O) groups excluding carboxylic acids is 1. The highest BCUT2D eigenvalue weighted by Gasteiger charge is 2.11. The van der Waals surface area contributed by atoms with Crippen LogP contribution in [-0.2, 0) is 4.79 Å². The molecule has 0 spiro atoms. The van der Waals surface area contributed by atoms with E-state index in [0.717, 1.165) is 0 Å². The largest absolute Gasteiger partial charge is 0.309 e. The number of halogens is 1. The number of hydrogen-bond acceptors (Lipinski definition) is 2. The van der Waals surface area contributed by atoms with Crippen molar-refractivity contribution in [2.45, 2.75) is 33.4 Å². The molecule has 0 aromatic carbocycles. The molecule has 0 aliphatic heterocycles. The maximum absolute atomic E-state index is 12.5. The molecule has 0 fully saturated rings. The van der Waals surface area contributed by atoms with Crippen LogP contribution < -0.4 is 0 Å². The molecule has 1 atom stereocenters. The van der Waals surface area contributed by atoms with Gasteiger partial charge in [0.1, 0.15) is 0 Å². The van der Waals surface area contributed by atoms with Gasteiger partial charge in [-0.15, -0.1) is 0 Å². The zero-order chi connectivity index (χ0) is 10.1. The van der Waals surface area contributed by atoms with Crippen molar-refractivity contribution in [1.82, 2.24) is 4.90 Å². The Bertz CT molecular complexity index is 115. The number of alkyl halides is 1. The Kier molecular flexibility index (Phi) is 10.2. The Morgan fingerprint density at radius 1 is 1.42 bits per heavy atom. The summed E-state index contributed by atoms with van der Waals surface area (Å²) in [5.74, 6) is -0.373. The molecule has 0 saturated carbocycles. The van der Waals surface area contributed by atoms with Crippen LogP contribution in [0.5, 0.6) is 0 Å². The summed E-state index contributed by atoms with van der Waals surface area (Å²) in [6.45, 7) is 5.90. The predicted molar refractivity (Wildman–Crippen MR) is 50.1 cm³/mol. The van der Waals surface area contributed by atoms with Gasteiger partial charge in [-0.25, -0.2) is 4.39 Å². The van der Waals surface area contributed by atoms with Gasteiger partial charge in [-0.05, 0) is 27.4 Å². The van der Waals surface area contributed by atoms with Crippen molar-refractivity contribution in [2.75, 3.05) is 20.6 Å². The van der Waals surface area contributed by atoms with E-state index in [1.807, 2.05) is 32.8 Å².